The lowest BCUT2D eigenvalue weighted by molar-refractivity contribution is -0.0569. The number of halogens is 1. The second-order valence-electron chi connectivity index (χ2n) is 5.95. The number of rotatable bonds is 2. The van der Waals surface area contributed by atoms with E-state index < -0.39 is 5.60 Å². The highest BCUT2D eigenvalue weighted by molar-refractivity contribution is 6.30. The van der Waals surface area contributed by atoms with Gasteiger partial charge in [0.25, 0.3) is 0 Å². The zero-order valence-electron chi connectivity index (χ0n) is 11.7. The summed E-state index contributed by atoms with van der Waals surface area (Å²) >= 11 is 5.92. The molecule has 1 N–H and O–H groups in total. The molecule has 3 rings (SSSR count). The SMILES string of the molecule is OC1(c2ccc(Cl)cc2)CCN(C2CCCOC2)CC1. The zero-order chi connectivity index (χ0) is 14.0. The van der Waals surface area contributed by atoms with E-state index in [-0.39, 0.29) is 0 Å². The third-order valence-corrected chi connectivity index (χ3v) is 4.91. The number of likely N-dealkylation sites (tertiary alicyclic amines) is 1. The quantitative estimate of drug-likeness (QED) is 0.911. The third-order valence-electron chi connectivity index (χ3n) is 4.66. The molecule has 0 saturated carbocycles. The van der Waals surface area contributed by atoms with Gasteiger partial charge in [0.05, 0.1) is 12.2 Å². The van der Waals surface area contributed by atoms with Crippen LogP contribution >= 0.6 is 11.6 Å². The Morgan fingerprint density at radius 3 is 2.50 bits per heavy atom. The van der Waals surface area contributed by atoms with Crippen LogP contribution in [-0.4, -0.2) is 42.4 Å². The van der Waals surface area contributed by atoms with Gasteiger partial charge >= 0.3 is 0 Å². The van der Waals surface area contributed by atoms with E-state index in [4.69, 9.17) is 16.3 Å². The van der Waals surface area contributed by atoms with Crippen molar-refractivity contribution in [2.45, 2.75) is 37.3 Å². The minimum absolute atomic E-state index is 0.540. The maximum atomic E-state index is 10.8. The van der Waals surface area contributed by atoms with Crippen molar-refractivity contribution in [2.24, 2.45) is 0 Å². The van der Waals surface area contributed by atoms with Crippen LogP contribution in [0.1, 0.15) is 31.2 Å². The first-order valence-corrected chi connectivity index (χ1v) is 7.85. The van der Waals surface area contributed by atoms with E-state index in [9.17, 15) is 5.11 Å². The molecular formula is C16H22ClNO2. The molecule has 0 aliphatic carbocycles. The van der Waals surface area contributed by atoms with Crippen molar-refractivity contribution in [3.63, 3.8) is 0 Å². The second kappa shape index (κ2) is 6.02. The van der Waals surface area contributed by atoms with Gasteiger partial charge in [-0.15, -0.1) is 0 Å². The summed E-state index contributed by atoms with van der Waals surface area (Å²) in [4.78, 5) is 2.48. The van der Waals surface area contributed by atoms with Crippen molar-refractivity contribution in [3.8, 4) is 0 Å². The first kappa shape index (κ1) is 14.3. The minimum atomic E-state index is -0.698. The molecule has 2 aliphatic heterocycles. The Morgan fingerprint density at radius 2 is 1.90 bits per heavy atom. The van der Waals surface area contributed by atoms with Crippen molar-refractivity contribution < 1.29 is 9.84 Å². The highest BCUT2D eigenvalue weighted by atomic mass is 35.5. The number of nitrogens with zero attached hydrogens (tertiary/aromatic N) is 1. The number of hydrogen-bond donors (Lipinski definition) is 1. The molecule has 4 heteroatoms. The van der Waals surface area contributed by atoms with E-state index in [0.717, 1.165) is 51.1 Å². The Morgan fingerprint density at radius 1 is 1.20 bits per heavy atom. The van der Waals surface area contributed by atoms with Gasteiger partial charge in [-0.1, -0.05) is 23.7 Å². The number of aliphatic hydroxyl groups is 1. The Kier molecular flexibility index (Phi) is 4.32. The van der Waals surface area contributed by atoms with Gasteiger partial charge in [-0.2, -0.15) is 0 Å². The summed E-state index contributed by atoms with van der Waals surface area (Å²) in [6, 6.07) is 8.15. The van der Waals surface area contributed by atoms with Crippen molar-refractivity contribution in [3.05, 3.63) is 34.9 Å². The molecule has 0 bridgehead atoms. The van der Waals surface area contributed by atoms with Gasteiger partial charge in [0.2, 0.25) is 0 Å². The van der Waals surface area contributed by atoms with Crippen molar-refractivity contribution in [1.29, 1.82) is 0 Å². The first-order chi connectivity index (χ1) is 9.67. The summed E-state index contributed by atoms with van der Waals surface area (Å²) in [5.41, 5.74) is 0.290. The smallest absolute Gasteiger partial charge is 0.0920 e. The normalized spacial score (nSPS) is 27.4. The summed E-state index contributed by atoms with van der Waals surface area (Å²) in [5, 5.41) is 11.6. The average molecular weight is 296 g/mol. The van der Waals surface area contributed by atoms with Crippen molar-refractivity contribution in [1.82, 2.24) is 4.90 Å². The van der Waals surface area contributed by atoms with Gasteiger partial charge in [0, 0.05) is 30.8 Å². The number of benzene rings is 1. The average Bonchev–Trinajstić information content (AvgIpc) is 2.49. The summed E-state index contributed by atoms with van der Waals surface area (Å²) in [6.07, 6.45) is 3.94. The molecule has 1 unspecified atom stereocenters. The van der Waals surface area contributed by atoms with Crippen LogP contribution in [0.4, 0.5) is 0 Å². The molecular weight excluding hydrogens is 274 g/mol. The topological polar surface area (TPSA) is 32.7 Å². The molecule has 110 valence electrons. The van der Waals surface area contributed by atoms with Gasteiger partial charge in [0.15, 0.2) is 0 Å². The maximum Gasteiger partial charge on any atom is 0.0920 e. The summed E-state index contributed by atoms with van der Waals surface area (Å²) < 4.78 is 5.57. The highest BCUT2D eigenvalue weighted by Crippen LogP contribution is 2.34. The maximum absolute atomic E-state index is 10.8. The molecule has 3 nitrogen and oxygen atoms in total. The Balaban J connectivity index is 1.63. The fourth-order valence-electron chi connectivity index (χ4n) is 3.32. The highest BCUT2D eigenvalue weighted by Gasteiger charge is 2.36. The largest absolute Gasteiger partial charge is 0.385 e. The monoisotopic (exact) mass is 295 g/mol. The lowest BCUT2D eigenvalue weighted by Gasteiger charge is -2.43. The third kappa shape index (κ3) is 3.01. The van der Waals surface area contributed by atoms with Crippen molar-refractivity contribution >= 4 is 11.6 Å². The molecule has 2 saturated heterocycles. The van der Waals surface area contributed by atoms with Gasteiger partial charge in [0.1, 0.15) is 0 Å². The standard InChI is InChI=1S/C16H22ClNO2/c17-14-5-3-13(4-6-14)16(19)7-9-18(10-8-16)15-2-1-11-20-12-15/h3-6,15,19H,1-2,7-12H2. The number of piperidine rings is 1. The molecule has 0 aromatic heterocycles. The molecule has 0 spiro atoms. The van der Waals surface area contributed by atoms with Crippen LogP contribution in [0.25, 0.3) is 0 Å². The number of ether oxygens (including phenoxy) is 1. The molecule has 2 aliphatic rings. The molecule has 20 heavy (non-hydrogen) atoms. The van der Waals surface area contributed by atoms with Crippen LogP contribution < -0.4 is 0 Å². The van der Waals surface area contributed by atoms with Crippen LogP contribution in [-0.2, 0) is 10.3 Å². The van der Waals surface area contributed by atoms with E-state index in [2.05, 4.69) is 4.90 Å². The molecule has 1 aromatic carbocycles. The fraction of sp³-hybridized carbons (Fsp3) is 0.625. The Labute approximate surface area is 125 Å². The minimum Gasteiger partial charge on any atom is -0.385 e. The molecule has 1 atom stereocenters. The zero-order valence-corrected chi connectivity index (χ0v) is 12.5. The summed E-state index contributed by atoms with van der Waals surface area (Å²) in [7, 11) is 0. The predicted molar refractivity (Wildman–Crippen MR) is 80.0 cm³/mol. The van der Waals surface area contributed by atoms with Crippen LogP contribution in [0.3, 0.4) is 0 Å². The predicted octanol–water partition coefficient (Wildman–Crippen LogP) is 2.80. The van der Waals surface area contributed by atoms with E-state index in [1.807, 2.05) is 24.3 Å². The Bertz CT molecular complexity index is 434. The van der Waals surface area contributed by atoms with Gasteiger partial charge in [-0.05, 0) is 43.4 Å². The molecule has 2 fully saturated rings. The van der Waals surface area contributed by atoms with Gasteiger partial charge in [-0.25, -0.2) is 0 Å². The van der Waals surface area contributed by atoms with Crippen LogP contribution in [0.2, 0.25) is 5.02 Å². The number of hydrogen-bond acceptors (Lipinski definition) is 3. The fourth-order valence-corrected chi connectivity index (χ4v) is 3.45. The van der Waals surface area contributed by atoms with Gasteiger partial charge < -0.3 is 9.84 Å². The molecule has 1 aromatic rings. The van der Waals surface area contributed by atoms with Crippen LogP contribution in [0, 0.1) is 0 Å². The van der Waals surface area contributed by atoms with Gasteiger partial charge in [-0.3, -0.25) is 4.90 Å². The Hall–Kier alpha value is -0.610. The lowest BCUT2D eigenvalue weighted by Crippen LogP contribution is -2.49. The van der Waals surface area contributed by atoms with E-state index in [0.29, 0.717) is 11.1 Å². The second-order valence-corrected chi connectivity index (χ2v) is 6.38. The lowest BCUT2D eigenvalue weighted by atomic mass is 9.84. The molecule has 0 radical (unpaired) electrons. The van der Waals surface area contributed by atoms with Crippen molar-refractivity contribution in [2.75, 3.05) is 26.3 Å². The van der Waals surface area contributed by atoms with E-state index in [1.54, 1.807) is 0 Å². The summed E-state index contributed by atoms with van der Waals surface area (Å²) in [6.45, 7) is 3.62. The first-order valence-electron chi connectivity index (χ1n) is 7.48. The molecule has 0 amide bonds. The van der Waals surface area contributed by atoms with E-state index in [1.165, 1.54) is 6.42 Å². The molecule has 2 heterocycles. The summed E-state index contributed by atoms with van der Waals surface area (Å²) in [5.74, 6) is 0. The van der Waals surface area contributed by atoms with Crippen LogP contribution in [0.5, 0.6) is 0 Å². The van der Waals surface area contributed by atoms with E-state index >= 15 is 0 Å². The van der Waals surface area contributed by atoms with Crippen LogP contribution in [0.15, 0.2) is 24.3 Å².